The molecule has 0 bridgehead atoms. The van der Waals surface area contributed by atoms with Gasteiger partial charge in [0.15, 0.2) is 0 Å². The number of carbonyl (C=O) groups is 2. The zero-order chi connectivity index (χ0) is 21.3. The van der Waals surface area contributed by atoms with Crippen LogP contribution in [0.3, 0.4) is 0 Å². The molecule has 0 radical (unpaired) electrons. The van der Waals surface area contributed by atoms with Gasteiger partial charge in [-0.05, 0) is 56.5 Å². The molecule has 0 aromatic heterocycles. The number of urea groups is 1. The molecule has 6 nitrogen and oxygen atoms in total. The van der Waals surface area contributed by atoms with Crippen molar-refractivity contribution in [1.29, 1.82) is 0 Å². The van der Waals surface area contributed by atoms with Gasteiger partial charge >= 0.3 is 6.03 Å². The Balaban J connectivity index is 1.36. The summed E-state index contributed by atoms with van der Waals surface area (Å²) in [5, 5.41) is 3.01. The Hall–Kier alpha value is -2.86. The first-order valence-corrected chi connectivity index (χ1v) is 10.6. The number of benzene rings is 2. The van der Waals surface area contributed by atoms with Gasteiger partial charge < -0.3 is 15.0 Å². The van der Waals surface area contributed by atoms with Crippen molar-refractivity contribution < 1.29 is 14.3 Å². The van der Waals surface area contributed by atoms with Gasteiger partial charge in [0.1, 0.15) is 0 Å². The number of hydrogen-bond acceptors (Lipinski definition) is 3. The van der Waals surface area contributed by atoms with E-state index in [2.05, 4.69) is 18.3 Å². The summed E-state index contributed by atoms with van der Waals surface area (Å²) < 4.78 is 5.71. The van der Waals surface area contributed by atoms with Crippen molar-refractivity contribution in [2.45, 2.75) is 52.0 Å². The number of ether oxygens (including phenoxy) is 1. The fourth-order valence-electron chi connectivity index (χ4n) is 4.43. The van der Waals surface area contributed by atoms with E-state index in [0.717, 1.165) is 17.7 Å². The van der Waals surface area contributed by atoms with Crippen LogP contribution < -0.4 is 10.2 Å². The number of hydrogen-bond donors (Lipinski definition) is 1. The third-order valence-corrected chi connectivity index (χ3v) is 5.78. The average Bonchev–Trinajstić information content (AvgIpc) is 3.07. The van der Waals surface area contributed by atoms with Crippen LogP contribution >= 0.6 is 0 Å². The number of fused-ring (bicyclic) bond motifs is 1. The Bertz CT molecular complexity index is 918. The van der Waals surface area contributed by atoms with Crippen LogP contribution in [0.2, 0.25) is 0 Å². The summed E-state index contributed by atoms with van der Waals surface area (Å²) in [5.41, 5.74) is 3.81. The maximum Gasteiger partial charge on any atom is 0.322 e. The van der Waals surface area contributed by atoms with Crippen molar-refractivity contribution in [2.24, 2.45) is 0 Å². The lowest BCUT2D eigenvalue weighted by Gasteiger charge is -2.35. The number of morpholine rings is 1. The molecule has 2 aliphatic rings. The van der Waals surface area contributed by atoms with Crippen molar-refractivity contribution in [3.63, 3.8) is 0 Å². The first kappa shape index (κ1) is 20.4. The minimum Gasteiger partial charge on any atom is -0.372 e. The molecule has 0 saturated carbocycles. The lowest BCUT2D eigenvalue weighted by Crippen LogP contribution is -2.48. The molecular weight excluding hydrogens is 378 g/mol. The third kappa shape index (κ3) is 4.19. The van der Waals surface area contributed by atoms with Crippen LogP contribution in [0.25, 0.3) is 0 Å². The van der Waals surface area contributed by atoms with E-state index in [9.17, 15) is 9.59 Å². The smallest absolute Gasteiger partial charge is 0.322 e. The molecule has 1 fully saturated rings. The number of carbonyl (C=O) groups excluding carboxylic acids is 2. The average molecular weight is 408 g/mol. The van der Waals surface area contributed by atoms with Crippen LogP contribution in [0.15, 0.2) is 48.5 Å². The molecule has 2 heterocycles. The van der Waals surface area contributed by atoms with Crippen molar-refractivity contribution in [1.82, 2.24) is 10.2 Å². The van der Waals surface area contributed by atoms with Crippen LogP contribution in [-0.2, 0) is 17.7 Å². The van der Waals surface area contributed by atoms with E-state index in [4.69, 9.17) is 4.74 Å². The van der Waals surface area contributed by atoms with Crippen LogP contribution in [0.4, 0.5) is 10.5 Å². The molecule has 2 aromatic carbocycles. The van der Waals surface area contributed by atoms with Crippen LogP contribution in [0, 0.1) is 0 Å². The van der Waals surface area contributed by atoms with Gasteiger partial charge in [0.05, 0.1) is 12.2 Å². The maximum atomic E-state index is 12.8. The van der Waals surface area contributed by atoms with E-state index < -0.39 is 0 Å². The van der Waals surface area contributed by atoms with Gasteiger partial charge in [0.2, 0.25) is 0 Å². The van der Waals surface area contributed by atoms with Gasteiger partial charge in [0.25, 0.3) is 5.91 Å². The number of amides is 3. The molecule has 3 atom stereocenters. The Kier molecular flexibility index (Phi) is 5.77. The fourth-order valence-corrected chi connectivity index (χ4v) is 4.43. The largest absolute Gasteiger partial charge is 0.372 e. The highest BCUT2D eigenvalue weighted by Gasteiger charge is 2.30. The van der Waals surface area contributed by atoms with Crippen molar-refractivity contribution >= 4 is 17.6 Å². The Morgan fingerprint density at radius 1 is 1.00 bits per heavy atom. The van der Waals surface area contributed by atoms with E-state index >= 15 is 0 Å². The predicted molar refractivity (Wildman–Crippen MR) is 117 cm³/mol. The summed E-state index contributed by atoms with van der Waals surface area (Å²) in [5.74, 6) is 0.0232. The third-order valence-electron chi connectivity index (χ3n) is 5.78. The number of para-hydroxylation sites is 1. The molecule has 4 rings (SSSR count). The van der Waals surface area contributed by atoms with Gasteiger partial charge in [-0.25, -0.2) is 4.79 Å². The maximum absolute atomic E-state index is 12.8. The second-order valence-corrected chi connectivity index (χ2v) is 8.37. The van der Waals surface area contributed by atoms with E-state index in [1.54, 1.807) is 0 Å². The Morgan fingerprint density at radius 3 is 2.37 bits per heavy atom. The van der Waals surface area contributed by atoms with Crippen LogP contribution in [0.1, 0.15) is 42.3 Å². The monoisotopic (exact) mass is 407 g/mol. The molecule has 1 N–H and O–H groups in total. The highest BCUT2D eigenvalue weighted by atomic mass is 16.5. The van der Waals surface area contributed by atoms with Crippen molar-refractivity contribution in [2.75, 3.05) is 18.0 Å². The quantitative estimate of drug-likeness (QED) is 0.846. The number of anilines is 1. The van der Waals surface area contributed by atoms with Crippen molar-refractivity contribution in [3.05, 3.63) is 65.2 Å². The predicted octanol–water partition coefficient (Wildman–Crippen LogP) is 3.60. The molecule has 30 heavy (non-hydrogen) atoms. The molecule has 1 saturated heterocycles. The van der Waals surface area contributed by atoms with Crippen LogP contribution in [-0.4, -0.2) is 48.2 Å². The summed E-state index contributed by atoms with van der Waals surface area (Å²) in [6, 6.07) is 15.6. The van der Waals surface area contributed by atoms with E-state index in [0.29, 0.717) is 25.2 Å². The standard InChI is InChI=1S/C24H29N3O3/c1-16-12-21-6-4-5-7-22(21)27(16)24(29)25-13-19-8-10-20(11-9-19)23(28)26-14-17(2)30-18(3)15-26/h4-11,16-18H,12-15H2,1-3H3,(H,25,29). The number of nitrogens with zero attached hydrogens (tertiary/aromatic N) is 2. The van der Waals surface area contributed by atoms with Gasteiger partial charge in [-0.1, -0.05) is 30.3 Å². The Morgan fingerprint density at radius 2 is 1.67 bits per heavy atom. The Labute approximate surface area is 177 Å². The van der Waals surface area contributed by atoms with Gasteiger partial charge in [-0.2, -0.15) is 0 Å². The van der Waals surface area contributed by atoms with Gasteiger partial charge in [0, 0.05) is 36.9 Å². The van der Waals surface area contributed by atoms with Gasteiger partial charge in [-0.15, -0.1) is 0 Å². The second-order valence-electron chi connectivity index (χ2n) is 8.37. The fraction of sp³-hybridized carbons (Fsp3) is 0.417. The minimum absolute atomic E-state index is 0.0232. The summed E-state index contributed by atoms with van der Waals surface area (Å²) in [7, 11) is 0. The normalized spacial score (nSPS) is 23.2. The number of nitrogens with one attached hydrogen (secondary N) is 1. The molecule has 6 heteroatoms. The highest BCUT2D eigenvalue weighted by molar-refractivity contribution is 5.95. The van der Waals surface area contributed by atoms with E-state index in [-0.39, 0.29) is 30.2 Å². The molecule has 2 aliphatic heterocycles. The topological polar surface area (TPSA) is 61.9 Å². The minimum atomic E-state index is -0.0936. The molecule has 3 amide bonds. The zero-order valence-corrected chi connectivity index (χ0v) is 17.8. The summed E-state index contributed by atoms with van der Waals surface area (Å²) in [6.07, 6.45) is 0.967. The van der Waals surface area contributed by atoms with Crippen LogP contribution in [0.5, 0.6) is 0 Å². The summed E-state index contributed by atoms with van der Waals surface area (Å²) in [4.78, 5) is 29.2. The molecule has 2 aromatic rings. The van der Waals surface area contributed by atoms with Gasteiger partial charge in [-0.3, -0.25) is 9.69 Å². The van der Waals surface area contributed by atoms with E-state index in [1.807, 2.05) is 66.1 Å². The SMILES string of the molecule is CC1CN(C(=O)c2ccc(CNC(=O)N3c4ccccc4CC3C)cc2)CC(C)O1. The zero-order valence-electron chi connectivity index (χ0n) is 17.8. The van der Waals surface area contributed by atoms with E-state index in [1.165, 1.54) is 5.56 Å². The summed E-state index contributed by atoms with van der Waals surface area (Å²) >= 11 is 0. The highest BCUT2D eigenvalue weighted by Crippen LogP contribution is 2.31. The lowest BCUT2D eigenvalue weighted by atomic mass is 10.1. The molecule has 0 spiro atoms. The lowest BCUT2D eigenvalue weighted by molar-refractivity contribution is -0.0586. The first-order chi connectivity index (χ1) is 14.4. The number of rotatable bonds is 3. The first-order valence-electron chi connectivity index (χ1n) is 10.6. The molecular formula is C24H29N3O3. The summed E-state index contributed by atoms with van der Waals surface area (Å²) in [6.45, 7) is 7.67. The molecule has 158 valence electrons. The second kappa shape index (κ2) is 8.48. The molecule has 3 unspecified atom stereocenters. The van der Waals surface area contributed by atoms with Crippen molar-refractivity contribution in [3.8, 4) is 0 Å². The molecule has 0 aliphatic carbocycles.